The van der Waals surface area contributed by atoms with Crippen molar-refractivity contribution in [3.8, 4) is 28.1 Å². The van der Waals surface area contributed by atoms with Crippen molar-refractivity contribution in [3.05, 3.63) is 70.4 Å². The normalized spacial score (nSPS) is 14.1. The standard InChI is InChI=1S/C31H38ClN3O2/c1-21-11-12-22(2)26(19-21)25-14-16-28(31(36)33-24-9-6-5-7-10-24)34-30(25)23-13-15-27(32)29(20-23)37-18-8-17-35(3)4/h11-16,19-20,24H,5-10,17-18H2,1-4H3,(H,33,36). The van der Waals surface area contributed by atoms with Crippen molar-refractivity contribution in [1.82, 2.24) is 15.2 Å². The van der Waals surface area contributed by atoms with E-state index in [1.165, 1.54) is 12.0 Å². The monoisotopic (exact) mass is 519 g/mol. The molecule has 1 N–H and O–H groups in total. The van der Waals surface area contributed by atoms with Crippen LogP contribution in [0.4, 0.5) is 0 Å². The minimum Gasteiger partial charge on any atom is -0.492 e. The summed E-state index contributed by atoms with van der Waals surface area (Å²) in [5.41, 5.74) is 6.46. The summed E-state index contributed by atoms with van der Waals surface area (Å²) in [6.07, 6.45) is 6.54. The summed E-state index contributed by atoms with van der Waals surface area (Å²) in [5, 5.41) is 3.77. The number of hydrogen-bond donors (Lipinski definition) is 1. The summed E-state index contributed by atoms with van der Waals surface area (Å²) in [5.74, 6) is 0.512. The number of rotatable bonds is 9. The maximum Gasteiger partial charge on any atom is 0.270 e. The second-order valence-electron chi connectivity index (χ2n) is 10.4. The van der Waals surface area contributed by atoms with E-state index in [2.05, 4.69) is 42.3 Å². The van der Waals surface area contributed by atoms with Gasteiger partial charge in [-0.15, -0.1) is 0 Å². The van der Waals surface area contributed by atoms with Crippen LogP contribution in [0.1, 0.15) is 60.1 Å². The second-order valence-corrected chi connectivity index (χ2v) is 10.8. The Morgan fingerprint density at radius 3 is 2.57 bits per heavy atom. The van der Waals surface area contributed by atoms with Gasteiger partial charge >= 0.3 is 0 Å². The summed E-state index contributed by atoms with van der Waals surface area (Å²) >= 11 is 6.50. The molecule has 0 unspecified atom stereocenters. The smallest absolute Gasteiger partial charge is 0.270 e. The van der Waals surface area contributed by atoms with Crippen LogP contribution < -0.4 is 10.1 Å². The predicted octanol–water partition coefficient (Wildman–Crippen LogP) is 7.08. The van der Waals surface area contributed by atoms with Gasteiger partial charge in [0.1, 0.15) is 11.4 Å². The van der Waals surface area contributed by atoms with E-state index >= 15 is 0 Å². The number of hydrogen-bond acceptors (Lipinski definition) is 4. The average Bonchev–Trinajstić information content (AvgIpc) is 2.89. The Morgan fingerprint density at radius 2 is 1.81 bits per heavy atom. The van der Waals surface area contributed by atoms with Crippen molar-refractivity contribution >= 4 is 17.5 Å². The number of halogens is 1. The van der Waals surface area contributed by atoms with Gasteiger partial charge in [0.2, 0.25) is 0 Å². The quantitative estimate of drug-likeness (QED) is 0.307. The second kappa shape index (κ2) is 12.6. The highest BCUT2D eigenvalue weighted by Crippen LogP contribution is 2.37. The first-order valence-corrected chi connectivity index (χ1v) is 13.7. The van der Waals surface area contributed by atoms with Gasteiger partial charge < -0.3 is 15.0 Å². The van der Waals surface area contributed by atoms with Crippen LogP contribution in [0.3, 0.4) is 0 Å². The molecule has 1 aliphatic rings. The van der Waals surface area contributed by atoms with E-state index < -0.39 is 0 Å². The first-order valence-electron chi connectivity index (χ1n) is 13.3. The van der Waals surface area contributed by atoms with Gasteiger partial charge in [-0.05, 0) is 82.6 Å². The molecule has 4 rings (SSSR count). The fraction of sp³-hybridized carbons (Fsp3) is 0.419. The van der Waals surface area contributed by atoms with Crippen molar-refractivity contribution in [1.29, 1.82) is 0 Å². The Kier molecular flexibility index (Phi) is 9.23. The summed E-state index contributed by atoms with van der Waals surface area (Å²) in [6.45, 7) is 5.70. The molecule has 196 valence electrons. The number of carbonyl (C=O) groups is 1. The number of pyridine rings is 1. The van der Waals surface area contributed by atoms with Crippen molar-refractivity contribution in [2.24, 2.45) is 0 Å². The van der Waals surface area contributed by atoms with Crippen LogP contribution in [-0.2, 0) is 0 Å². The summed E-state index contributed by atoms with van der Waals surface area (Å²) in [6, 6.07) is 16.2. The lowest BCUT2D eigenvalue weighted by molar-refractivity contribution is 0.0923. The molecule has 1 aromatic heterocycles. The van der Waals surface area contributed by atoms with Crippen molar-refractivity contribution in [3.63, 3.8) is 0 Å². The first-order chi connectivity index (χ1) is 17.8. The van der Waals surface area contributed by atoms with E-state index in [4.69, 9.17) is 21.3 Å². The van der Waals surface area contributed by atoms with Crippen LogP contribution in [0.2, 0.25) is 5.02 Å². The fourth-order valence-corrected chi connectivity index (χ4v) is 5.05. The van der Waals surface area contributed by atoms with Crippen LogP contribution in [0.5, 0.6) is 5.75 Å². The fourth-order valence-electron chi connectivity index (χ4n) is 4.88. The molecule has 0 aliphatic heterocycles. The van der Waals surface area contributed by atoms with Gasteiger partial charge in [0.15, 0.2) is 0 Å². The molecule has 37 heavy (non-hydrogen) atoms. The largest absolute Gasteiger partial charge is 0.492 e. The zero-order valence-electron chi connectivity index (χ0n) is 22.4. The average molecular weight is 520 g/mol. The molecule has 0 bridgehead atoms. The maximum absolute atomic E-state index is 13.2. The molecule has 1 aliphatic carbocycles. The van der Waals surface area contributed by atoms with Crippen molar-refractivity contribution in [2.75, 3.05) is 27.2 Å². The zero-order valence-corrected chi connectivity index (χ0v) is 23.2. The summed E-state index contributed by atoms with van der Waals surface area (Å²) in [4.78, 5) is 20.3. The molecule has 1 saturated carbocycles. The lowest BCUT2D eigenvalue weighted by atomic mass is 9.94. The lowest BCUT2D eigenvalue weighted by Gasteiger charge is -2.23. The Hall–Kier alpha value is -2.89. The maximum atomic E-state index is 13.2. The Morgan fingerprint density at radius 1 is 1.03 bits per heavy atom. The Balaban J connectivity index is 1.71. The van der Waals surface area contributed by atoms with Crippen LogP contribution in [0.25, 0.3) is 22.4 Å². The van der Waals surface area contributed by atoms with E-state index in [9.17, 15) is 4.79 Å². The van der Waals surface area contributed by atoms with Crippen molar-refractivity contribution < 1.29 is 9.53 Å². The number of nitrogens with one attached hydrogen (secondary N) is 1. The molecule has 3 aromatic rings. The first kappa shape index (κ1) is 27.2. The molecule has 1 heterocycles. The Bertz CT molecular complexity index is 1240. The third kappa shape index (κ3) is 7.12. The van der Waals surface area contributed by atoms with Gasteiger partial charge in [-0.2, -0.15) is 0 Å². The van der Waals surface area contributed by atoms with Crippen LogP contribution >= 0.6 is 11.6 Å². The van der Waals surface area contributed by atoms with Crippen LogP contribution in [0, 0.1) is 13.8 Å². The number of ether oxygens (including phenoxy) is 1. The topological polar surface area (TPSA) is 54.5 Å². The molecule has 0 radical (unpaired) electrons. The van der Waals surface area contributed by atoms with E-state index in [1.807, 2.05) is 44.4 Å². The molecule has 0 spiro atoms. The molecule has 5 nitrogen and oxygen atoms in total. The number of aryl methyl sites for hydroxylation is 2. The minimum atomic E-state index is -0.116. The Labute approximate surface area is 226 Å². The SMILES string of the molecule is Cc1ccc(C)c(-c2ccc(C(=O)NC3CCCCC3)nc2-c2ccc(Cl)c(OCCCN(C)C)c2)c1. The number of carbonyl (C=O) groups excluding carboxylic acids is 1. The highest BCUT2D eigenvalue weighted by atomic mass is 35.5. The summed E-state index contributed by atoms with van der Waals surface area (Å²) in [7, 11) is 4.09. The van der Waals surface area contributed by atoms with Gasteiger partial charge in [0.05, 0.1) is 17.3 Å². The molecule has 0 saturated heterocycles. The molecule has 2 aromatic carbocycles. The molecule has 6 heteroatoms. The van der Waals surface area contributed by atoms with E-state index in [0.717, 1.165) is 66.6 Å². The molecule has 0 atom stereocenters. The van der Waals surface area contributed by atoms with Crippen molar-refractivity contribution in [2.45, 2.75) is 58.4 Å². The third-order valence-corrected chi connectivity index (χ3v) is 7.28. The highest BCUT2D eigenvalue weighted by molar-refractivity contribution is 6.32. The third-order valence-electron chi connectivity index (χ3n) is 6.96. The van der Waals surface area contributed by atoms with E-state index in [0.29, 0.717) is 23.1 Å². The molecular formula is C31H38ClN3O2. The van der Waals surface area contributed by atoms with E-state index in [-0.39, 0.29) is 11.9 Å². The van der Waals surface area contributed by atoms with Gasteiger partial charge in [-0.3, -0.25) is 4.79 Å². The van der Waals surface area contributed by atoms with Gasteiger partial charge in [-0.25, -0.2) is 4.98 Å². The van der Waals surface area contributed by atoms with Crippen LogP contribution in [-0.4, -0.2) is 49.1 Å². The van der Waals surface area contributed by atoms with Gasteiger partial charge in [0.25, 0.3) is 5.91 Å². The zero-order chi connectivity index (χ0) is 26.4. The number of benzene rings is 2. The molecule has 1 amide bonds. The van der Waals surface area contributed by atoms with Crippen LogP contribution in [0.15, 0.2) is 48.5 Å². The highest BCUT2D eigenvalue weighted by Gasteiger charge is 2.20. The molecule has 1 fully saturated rings. The minimum absolute atomic E-state index is 0.116. The molecular weight excluding hydrogens is 482 g/mol. The number of amides is 1. The lowest BCUT2D eigenvalue weighted by Crippen LogP contribution is -2.36. The van der Waals surface area contributed by atoms with E-state index in [1.54, 1.807) is 0 Å². The predicted molar refractivity (Wildman–Crippen MR) is 153 cm³/mol. The summed E-state index contributed by atoms with van der Waals surface area (Å²) < 4.78 is 6.05. The number of aromatic nitrogens is 1. The van der Waals surface area contributed by atoms with Gasteiger partial charge in [-0.1, -0.05) is 60.7 Å². The van der Waals surface area contributed by atoms with Gasteiger partial charge in [0, 0.05) is 23.7 Å². The number of nitrogens with zero attached hydrogens (tertiary/aromatic N) is 2.